The van der Waals surface area contributed by atoms with Crippen molar-refractivity contribution >= 4 is 27.6 Å². The van der Waals surface area contributed by atoms with E-state index >= 15 is 0 Å². The van der Waals surface area contributed by atoms with E-state index in [1.807, 2.05) is 30.3 Å². The summed E-state index contributed by atoms with van der Waals surface area (Å²) in [6.45, 7) is 0.639. The lowest BCUT2D eigenvalue weighted by Gasteiger charge is -2.05. The lowest BCUT2D eigenvalue weighted by molar-refractivity contribution is -0.121. The van der Waals surface area contributed by atoms with E-state index in [2.05, 4.69) is 33.4 Å². The molecule has 120 valence electrons. The summed E-state index contributed by atoms with van der Waals surface area (Å²) in [6, 6.07) is 17.4. The number of nitrogens with one attached hydrogen (secondary N) is 1. The first-order chi connectivity index (χ1) is 11.1. The number of Topliss-reactive ketones (excluding diaryl/α,β-unsaturated/α-hetero) is 1. The van der Waals surface area contributed by atoms with Gasteiger partial charge < -0.3 is 5.32 Å². The maximum atomic E-state index is 12.0. The number of amides is 1. The van der Waals surface area contributed by atoms with Crippen molar-refractivity contribution in [1.82, 2.24) is 5.32 Å². The number of benzene rings is 2. The van der Waals surface area contributed by atoms with Gasteiger partial charge in [-0.25, -0.2) is 0 Å². The SMILES string of the molecule is O=C(CCC(=O)c1ccc(Br)cc1)NCCCc1ccccc1. The van der Waals surface area contributed by atoms with Crippen LogP contribution in [0.2, 0.25) is 0 Å². The molecule has 1 amide bonds. The summed E-state index contributed by atoms with van der Waals surface area (Å²) < 4.78 is 0.935. The first kappa shape index (κ1) is 17.4. The van der Waals surface area contributed by atoms with E-state index in [-0.39, 0.29) is 24.5 Å². The Morgan fingerprint density at radius 3 is 2.30 bits per heavy atom. The van der Waals surface area contributed by atoms with Gasteiger partial charge in [0.1, 0.15) is 0 Å². The van der Waals surface area contributed by atoms with Crippen LogP contribution in [0.1, 0.15) is 35.2 Å². The minimum atomic E-state index is -0.0662. The Morgan fingerprint density at radius 2 is 1.61 bits per heavy atom. The normalized spacial score (nSPS) is 10.3. The molecule has 0 bridgehead atoms. The van der Waals surface area contributed by atoms with E-state index in [0.29, 0.717) is 12.1 Å². The van der Waals surface area contributed by atoms with Crippen LogP contribution in [0.15, 0.2) is 59.1 Å². The maximum absolute atomic E-state index is 12.0. The number of hydrogen-bond acceptors (Lipinski definition) is 2. The third kappa shape index (κ3) is 6.37. The number of ketones is 1. The summed E-state index contributed by atoms with van der Waals surface area (Å²) in [5, 5.41) is 2.87. The van der Waals surface area contributed by atoms with Crippen LogP contribution < -0.4 is 5.32 Å². The second kappa shape index (κ2) is 9.26. The van der Waals surface area contributed by atoms with Crippen LogP contribution in [-0.4, -0.2) is 18.2 Å². The molecule has 0 aliphatic carbocycles. The molecule has 0 unspecified atom stereocenters. The monoisotopic (exact) mass is 373 g/mol. The van der Waals surface area contributed by atoms with Gasteiger partial charge in [-0.2, -0.15) is 0 Å². The molecule has 2 aromatic rings. The Morgan fingerprint density at radius 1 is 0.913 bits per heavy atom. The van der Waals surface area contributed by atoms with Crippen molar-refractivity contribution in [2.45, 2.75) is 25.7 Å². The van der Waals surface area contributed by atoms with Gasteiger partial charge in [0.25, 0.3) is 0 Å². The minimum absolute atomic E-state index is 0.00284. The van der Waals surface area contributed by atoms with Gasteiger partial charge in [0.2, 0.25) is 5.91 Å². The molecule has 4 heteroatoms. The molecule has 0 radical (unpaired) electrons. The quantitative estimate of drug-likeness (QED) is 0.557. The Kier molecular flexibility index (Phi) is 7.01. The molecular formula is C19H20BrNO2. The van der Waals surface area contributed by atoms with Crippen LogP contribution in [0.4, 0.5) is 0 Å². The average Bonchev–Trinajstić information content (AvgIpc) is 2.58. The molecule has 0 aliphatic heterocycles. The van der Waals surface area contributed by atoms with E-state index in [0.717, 1.165) is 17.3 Å². The van der Waals surface area contributed by atoms with Gasteiger partial charge in [-0.15, -0.1) is 0 Å². The van der Waals surface area contributed by atoms with Gasteiger partial charge in [-0.1, -0.05) is 58.4 Å². The standard InChI is InChI=1S/C19H20BrNO2/c20-17-10-8-16(9-11-17)18(22)12-13-19(23)21-14-4-7-15-5-2-1-3-6-15/h1-3,5-6,8-11H,4,7,12-14H2,(H,21,23). The molecule has 0 aliphatic rings. The molecule has 0 fully saturated rings. The van der Waals surface area contributed by atoms with Crippen LogP contribution in [0.3, 0.4) is 0 Å². The molecule has 3 nitrogen and oxygen atoms in total. The smallest absolute Gasteiger partial charge is 0.220 e. The fourth-order valence-electron chi connectivity index (χ4n) is 2.26. The van der Waals surface area contributed by atoms with Gasteiger partial charge >= 0.3 is 0 Å². The van der Waals surface area contributed by atoms with Crippen molar-refractivity contribution in [3.8, 4) is 0 Å². The lowest BCUT2D eigenvalue weighted by atomic mass is 10.1. The average molecular weight is 374 g/mol. The number of carbonyl (C=O) groups excluding carboxylic acids is 2. The topological polar surface area (TPSA) is 46.2 Å². The summed E-state index contributed by atoms with van der Waals surface area (Å²) in [6.07, 6.45) is 2.32. The molecule has 1 N–H and O–H groups in total. The molecule has 2 aromatic carbocycles. The zero-order valence-corrected chi connectivity index (χ0v) is 14.5. The fourth-order valence-corrected chi connectivity index (χ4v) is 2.52. The van der Waals surface area contributed by atoms with Gasteiger partial charge in [-0.05, 0) is 30.5 Å². The van der Waals surface area contributed by atoms with E-state index < -0.39 is 0 Å². The molecule has 2 rings (SSSR count). The zero-order valence-electron chi connectivity index (χ0n) is 12.9. The highest BCUT2D eigenvalue weighted by atomic mass is 79.9. The molecule has 0 saturated heterocycles. The van der Waals surface area contributed by atoms with Gasteiger partial charge in [-0.3, -0.25) is 9.59 Å². The summed E-state index contributed by atoms with van der Waals surface area (Å²) in [7, 11) is 0. The van der Waals surface area contributed by atoms with Crippen molar-refractivity contribution in [3.05, 3.63) is 70.2 Å². The summed E-state index contributed by atoms with van der Waals surface area (Å²) >= 11 is 3.33. The largest absolute Gasteiger partial charge is 0.356 e. The summed E-state index contributed by atoms with van der Waals surface area (Å²) in [5.41, 5.74) is 1.91. The Bertz CT molecular complexity index is 638. The third-order valence-corrected chi connectivity index (χ3v) is 4.08. The summed E-state index contributed by atoms with van der Waals surface area (Å²) in [4.78, 5) is 23.8. The van der Waals surface area contributed by atoms with Gasteiger partial charge in [0.05, 0.1) is 0 Å². The minimum Gasteiger partial charge on any atom is -0.356 e. The second-order valence-electron chi connectivity index (χ2n) is 5.37. The van der Waals surface area contributed by atoms with Crippen molar-refractivity contribution in [2.75, 3.05) is 6.54 Å². The highest BCUT2D eigenvalue weighted by molar-refractivity contribution is 9.10. The van der Waals surface area contributed by atoms with Crippen molar-refractivity contribution in [1.29, 1.82) is 0 Å². The lowest BCUT2D eigenvalue weighted by Crippen LogP contribution is -2.25. The van der Waals surface area contributed by atoms with Crippen molar-refractivity contribution < 1.29 is 9.59 Å². The Balaban J connectivity index is 1.63. The fraction of sp³-hybridized carbons (Fsp3) is 0.263. The molecule has 0 heterocycles. The first-order valence-corrected chi connectivity index (χ1v) is 8.54. The third-order valence-electron chi connectivity index (χ3n) is 3.55. The Hall–Kier alpha value is -1.94. The highest BCUT2D eigenvalue weighted by Gasteiger charge is 2.09. The Labute approximate surface area is 145 Å². The molecule has 23 heavy (non-hydrogen) atoms. The van der Waals surface area contributed by atoms with Crippen LogP contribution in [0.25, 0.3) is 0 Å². The van der Waals surface area contributed by atoms with Gasteiger partial charge in [0.15, 0.2) is 5.78 Å². The number of carbonyl (C=O) groups is 2. The van der Waals surface area contributed by atoms with E-state index in [4.69, 9.17) is 0 Å². The van der Waals surface area contributed by atoms with Crippen LogP contribution in [0.5, 0.6) is 0 Å². The highest BCUT2D eigenvalue weighted by Crippen LogP contribution is 2.12. The molecule has 0 spiro atoms. The summed E-state index contributed by atoms with van der Waals surface area (Å²) in [5.74, 6) is -0.0690. The van der Waals surface area contributed by atoms with Crippen molar-refractivity contribution in [3.63, 3.8) is 0 Å². The molecular weight excluding hydrogens is 354 g/mol. The van der Waals surface area contributed by atoms with Gasteiger partial charge in [0, 0.05) is 29.4 Å². The molecule has 0 aromatic heterocycles. The van der Waals surface area contributed by atoms with E-state index in [1.165, 1.54) is 5.56 Å². The number of halogens is 1. The number of aryl methyl sites for hydroxylation is 1. The number of hydrogen-bond donors (Lipinski definition) is 1. The number of rotatable bonds is 8. The molecule has 0 atom stereocenters. The predicted octanol–water partition coefficient (Wildman–Crippen LogP) is 4.16. The zero-order chi connectivity index (χ0) is 16.5. The predicted molar refractivity (Wildman–Crippen MR) is 95.5 cm³/mol. The van der Waals surface area contributed by atoms with Crippen LogP contribution >= 0.6 is 15.9 Å². The first-order valence-electron chi connectivity index (χ1n) is 7.74. The van der Waals surface area contributed by atoms with E-state index in [1.54, 1.807) is 12.1 Å². The molecule has 0 saturated carbocycles. The van der Waals surface area contributed by atoms with Crippen LogP contribution in [-0.2, 0) is 11.2 Å². The van der Waals surface area contributed by atoms with Crippen LogP contribution in [0, 0.1) is 0 Å². The second-order valence-corrected chi connectivity index (χ2v) is 6.28. The van der Waals surface area contributed by atoms with Crippen molar-refractivity contribution in [2.24, 2.45) is 0 Å². The van der Waals surface area contributed by atoms with E-state index in [9.17, 15) is 9.59 Å². The maximum Gasteiger partial charge on any atom is 0.220 e.